The molecule has 6 nitrogen and oxygen atoms in total. The zero-order chi connectivity index (χ0) is 19.6. The number of alkyl carbamates (subject to hydrolysis) is 1. The van der Waals surface area contributed by atoms with Crippen molar-refractivity contribution < 1.29 is 14.1 Å². The van der Waals surface area contributed by atoms with Crippen LogP contribution in [0.5, 0.6) is 0 Å². The second kappa shape index (κ2) is 7.24. The Morgan fingerprint density at radius 2 is 1.48 bits per heavy atom. The van der Waals surface area contributed by atoms with Crippen LogP contribution in [0.3, 0.4) is 0 Å². The van der Waals surface area contributed by atoms with E-state index < -0.39 is 18.2 Å². The van der Waals surface area contributed by atoms with Crippen LogP contribution in [0.4, 0.5) is 4.79 Å². The first-order chi connectivity index (χ1) is 14.3. The summed E-state index contributed by atoms with van der Waals surface area (Å²) in [6.07, 6.45) is -1.21. The molecular formula is C23H17N3O3. The highest BCUT2D eigenvalue weighted by Crippen LogP contribution is 2.37. The molecule has 2 heterocycles. The maximum atomic E-state index is 12.0. The molecule has 0 bridgehead atoms. The van der Waals surface area contributed by atoms with Crippen LogP contribution in [-0.4, -0.2) is 16.2 Å². The van der Waals surface area contributed by atoms with Gasteiger partial charge in [0.15, 0.2) is 0 Å². The zero-order valence-corrected chi connectivity index (χ0v) is 15.4. The molecule has 6 heteroatoms. The molecule has 1 amide bonds. The number of ether oxygens (including phenoxy) is 1. The van der Waals surface area contributed by atoms with Crippen LogP contribution >= 0.6 is 0 Å². The van der Waals surface area contributed by atoms with Gasteiger partial charge in [0.05, 0.1) is 0 Å². The number of aromatic nitrogens is 2. The van der Waals surface area contributed by atoms with E-state index in [0.717, 1.165) is 22.3 Å². The Hall–Kier alpha value is -3.93. The van der Waals surface area contributed by atoms with Crippen molar-refractivity contribution in [3.8, 4) is 22.5 Å². The Bertz CT molecular complexity index is 1140. The van der Waals surface area contributed by atoms with Crippen LogP contribution < -0.4 is 5.32 Å². The third-order valence-corrected chi connectivity index (χ3v) is 4.88. The van der Waals surface area contributed by atoms with Gasteiger partial charge < -0.3 is 14.6 Å². The van der Waals surface area contributed by atoms with Gasteiger partial charge in [0, 0.05) is 5.56 Å². The smallest absolute Gasteiger partial charge is 0.408 e. The quantitative estimate of drug-likeness (QED) is 0.541. The van der Waals surface area contributed by atoms with Gasteiger partial charge in [-0.15, -0.1) is 0 Å². The van der Waals surface area contributed by atoms with E-state index in [-0.39, 0.29) is 5.89 Å². The Labute approximate surface area is 167 Å². The summed E-state index contributed by atoms with van der Waals surface area (Å²) in [5.41, 5.74) is 3.89. The molecule has 1 aliphatic rings. The normalized spacial score (nSPS) is 18.3. The molecule has 0 unspecified atom stereocenters. The van der Waals surface area contributed by atoms with Gasteiger partial charge in [-0.2, -0.15) is 4.98 Å². The lowest BCUT2D eigenvalue weighted by Gasteiger charge is -2.15. The van der Waals surface area contributed by atoms with Crippen molar-refractivity contribution in [3.05, 3.63) is 96.4 Å². The zero-order valence-electron chi connectivity index (χ0n) is 15.4. The van der Waals surface area contributed by atoms with E-state index in [4.69, 9.17) is 9.26 Å². The summed E-state index contributed by atoms with van der Waals surface area (Å²) >= 11 is 0. The van der Waals surface area contributed by atoms with Crippen molar-refractivity contribution in [1.82, 2.24) is 15.5 Å². The minimum atomic E-state index is -0.696. The van der Waals surface area contributed by atoms with Crippen molar-refractivity contribution in [3.63, 3.8) is 0 Å². The van der Waals surface area contributed by atoms with Crippen molar-refractivity contribution in [1.29, 1.82) is 0 Å². The van der Waals surface area contributed by atoms with Crippen molar-refractivity contribution in [2.24, 2.45) is 0 Å². The number of hydrogen-bond acceptors (Lipinski definition) is 5. The Kier molecular flexibility index (Phi) is 4.29. The summed E-state index contributed by atoms with van der Waals surface area (Å²) in [5.74, 6) is 0.720. The predicted octanol–water partition coefficient (Wildman–Crippen LogP) is 4.93. The lowest BCUT2D eigenvalue weighted by atomic mass is 9.97. The van der Waals surface area contributed by atoms with E-state index in [2.05, 4.69) is 15.5 Å². The Morgan fingerprint density at radius 3 is 2.24 bits per heavy atom. The third kappa shape index (κ3) is 3.36. The number of carbonyl (C=O) groups excluding carboxylic acids is 1. The van der Waals surface area contributed by atoms with Crippen LogP contribution in [0.1, 0.15) is 23.6 Å². The van der Waals surface area contributed by atoms with Crippen molar-refractivity contribution in [2.45, 2.75) is 12.1 Å². The van der Waals surface area contributed by atoms with Crippen LogP contribution in [0, 0.1) is 0 Å². The van der Waals surface area contributed by atoms with Gasteiger partial charge in [-0.05, 0) is 22.8 Å². The molecule has 1 N–H and O–H groups in total. The SMILES string of the molecule is O=C1N[C@@H](c2cccc(-c3ccccc3)c2)[C@H](c2nc(-c3ccccc3)no2)O1. The number of carbonyl (C=O) groups is 1. The molecule has 5 rings (SSSR count). The molecule has 0 radical (unpaired) electrons. The largest absolute Gasteiger partial charge is 0.433 e. The number of amides is 1. The monoisotopic (exact) mass is 383 g/mol. The molecule has 3 aromatic carbocycles. The van der Waals surface area contributed by atoms with Gasteiger partial charge in [-0.25, -0.2) is 4.79 Å². The molecule has 1 aromatic heterocycles. The first kappa shape index (κ1) is 17.2. The molecular weight excluding hydrogens is 366 g/mol. The molecule has 2 atom stereocenters. The first-order valence-electron chi connectivity index (χ1n) is 9.29. The molecule has 1 saturated heterocycles. The van der Waals surface area contributed by atoms with Crippen LogP contribution in [-0.2, 0) is 4.74 Å². The number of cyclic esters (lactones) is 1. The number of rotatable bonds is 4. The van der Waals surface area contributed by atoms with Crippen LogP contribution in [0.15, 0.2) is 89.5 Å². The van der Waals surface area contributed by atoms with Crippen LogP contribution in [0.2, 0.25) is 0 Å². The van der Waals surface area contributed by atoms with E-state index in [1.807, 2.05) is 84.9 Å². The molecule has 0 spiro atoms. The summed E-state index contributed by atoms with van der Waals surface area (Å²) in [4.78, 5) is 16.5. The predicted molar refractivity (Wildman–Crippen MR) is 107 cm³/mol. The summed E-state index contributed by atoms with van der Waals surface area (Å²) in [6, 6.07) is 27.1. The Balaban J connectivity index is 1.48. The molecule has 142 valence electrons. The molecule has 0 aliphatic carbocycles. The van der Waals surface area contributed by atoms with Gasteiger partial charge in [0.25, 0.3) is 5.89 Å². The topological polar surface area (TPSA) is 77.3 Å². The Morgan fingerprint density at radius 1 is 0.793 bits per heavy atom. The molecule has 29 heavy (non-hydrogen) atoms. The fourth-order valence-corrected chi connectivity index (χ4v) is 3.47. The minimum absolute atomic E-state index is 0.261. The molecule has 1 fully saturated rings. The first-order valence-corrected chi connectivity index (χ1v) is 9.29. The van der Waals surface area contributed by atoms with E-state index in [9.17, 15) is 4.79 Å². The maximum Gasteiger partial charge on any atom is 0.408 e. The number of nitrogens with one attached hydrogen (secondary N) is 1. The lowest BCUT2D eigenvalue weighted by molar-refractivity contribution is 0.108. The number of nitrogens with zero attached hydrogens (tertiary/aromatic N) is 2. The molecule has 4 aromatic rings. The summed E-state index contributed by atoms with van der Waals surface area (Å²) < 4.78 is 10.9. The number of benzene rings is 3. The van der Waals surface area contributed by atoms with Crippen LogP contribution in [0.25, 0.3) is 22.5 Å². The summed E-state index contributed by atoms with van der Waals surface area (Å²) in [7, 11) is 0. The van der Waals surface area contributed by atoms with E-state index in [0.29, 0.717) is 5.82 Å². The fourth-order valence-electron chi connectivity index (χ4n) is 3.47. The maximum absolute atomic E-state index is 12.0. The van der Waals surface area contributed by atoms with E-state index in [1.165, 1.54) is 0 Å². The second-order valence-corrected chi connectivity index (χ2v) is 6.76. The average molecular weight is 383 g/mol. The van der Waals surface area contributed by atoms with Gasteiger partial charge in [-0.3, -0.25) is 0 Å². The van der Waals surface area contributed by atoms with Crippen molar-refractivity contribution in [2.75, 3.05) is 0 Å². The molecule has 0 saturated carbocycles. The highest BCUT2D eigenvalue weighted by Gasteiger charge is 2.40. The standard InChI is InChI=1S/C23H17N3O3/c27-23-24-19(18-13-7-12-17(14-18)15-8-3-1-4-9-15)20(28-23)22-25-21(26-29-22)16-10-5-2-6-11-16/h1-14,19-20H,(H,24,27)/t19-,20+/m0/s1. The van der Waals surface area contributed by atoms with Crippen molar-refractivity contribution >= 4 is 6.09 Å². The highest BCUT2D eigenvalue weighted by molar-refractivity contribution is 5.71. The second-order valence-electron chi connectivity index (χ2n) is 6.76. The third-order valence-electron chi connectivity index (χ3n) is 4.88. The fraction of sp³-hybridized carbons (Fsp3) is 0.0870. The van der Waals surface area contributed by atoms with E-state index in [1.54, 1.807) is 0 Å². The minimum Gasteiger partial charge on any atom is -0.433 e. The van der Waals surface area contributed by atoms with Gasteiger partial charge in [-0.1, -0.05) is 84.0 Å². The van der Waals surface area contributed by atoms with Gasteiger partial charge in [0.2, 0.25) is 11.9 Å². The number of hydrogen-bond donors (Lipinski definition) is 1. The average Bonchev–Trinajstić information content (AvgIpc) is 3.42. The summed E-state index contributed by atoms with van der Waals surface area (Å²) in [5, 5.41) is 6.90. The van der Waals surface area contributed by atoms with E-state index >= 15 is 0 Å². The lowest BCUT2D eigenvalue weighted by Crippen LogP contribution is -2.19. The van der Waals surface area contributed by atoms with Gasteiger partial charge in [0.1, 0.15) is 6.04 Å². The summed E-state index contributed by atoms with van der Waals surface area (Å²) in [6.45, 7) is 0. The van der Waals surface area contributed by atoms with Gasteiger partial charge >= 0.3 is 6.09 Å². The molecule has 1 aliphatic heterocycles. The highest BCUT2D eigenvalue weighted by atomic mass is 16.6.